The number of carbonyl (C=O) groups is 1. The number of rotatable bonds is 3. The van der Waals surface area contributed by atoms with Crippen LogP contribution in [0.25, 0.3) is 0 Å². The molecule has 0 fully saturated rings. The van der Waals surface area contributed by atoms with E-state index >= 15 is 0 Å². The molecule has 19 heavy (non-hydrogen) atoms. The zero-order chi connectivity index (χ0) is 13.8. The average molecular weight is 262 g/mol. The summed E-state index contributed by atoms with van der Waals surface area (Å²) in [6.07, 6.45) is 0. The molecule has 0 saturated carbocycles. The second kappa shape index (κ2) is 5.48. The van der Waals surface area contributed by atoms with Gasteiger partial charge in [0, 0.05) is 12.2 Å². The zero-order valence-electron chi connectivity index (χ0n) is 9.99. The third-order valence-electron chi connectivity index (χ3n) is 2.60. The number of benzene rings is 2. The van der Waals surface area contributed by atoms with Crippen LogP contribution in [0.2, 0.25) is 0 Å². The van der Waals surface area contributed by atoms with Crippen LogP contribution in [0.15, 0.2) is 42.5 Å². The summed E-state index contributed by atoms with van der Waals surface area (Å²) in [6, 6.07) is 9.43. The Kier molecular flexibility index (Phi) is 3.75. The molecular formula is C14H12F2N2O. The highest BCUT2D eigenvalue weighted by molar-refractivity contribution is 5.99. The number of hydrogen-bond donors (Lipinski definition) is 2. The van der Waals surface area contributed by atoms with Gasteiger partial charge in [-0.25, -0.2) is 8.78 Å². The lowest BCUT2D eigenvalue weighted by atomic mass is 10.1. The van der Waals surface area contributed by atoms with Crippen molar-refractivity contribution in [2.45, 2.75) is 6.54 Å². The van der Waals surface area contributed by atoms with Gasteiger partial charge in [0.05, 0.1) is 5.56 Å². The van der Waals surface area contributed by atoms with Crippen molar-refractivity contribution in [3.63, 3.8) is 0 Å². The Morgan fingerprint density at radius 2 is 1.84 bits per heavy atom. The lowest BCUT2D eigenvalue weighted by molar-refractivity contribution is 0.0951. The van der Waals surface area contributed by atoms with E-state index in [0.29, 0.717) is 5.56 Å². The van der Waals surface area contributed by atoms with E-state index in [2.05, 4.69) is 5.32 Å². The number of halogens is 2. The van der Waals surface area contributed by atoms with Crippen molar-refractivity contribution >= 4 is 11.6 Å². The van der Waals surface area contributed by atoms with E-state index < -0.39 is 11.7 Å². The van der Waals surface area contributed by atoms with Crippen molar-refractivity contribution in [3.8, 4) is 0 Å². The SMILES string of the molecule is Nc1ccc(F)cc1C(=O)NCc1cccc(F)c1. The average Bonchev–Trinajstić information content (AvgIpc) is 2.39. The normalized spacial score (nSPS) is 10.2. The Balaban J connectivity index is 2.07. The van der Waals surface area contributed by atoms with Crippen LogP contribution in [0.1, 0.15) is 15.9 Å². The summed E-state index contributed by atoms with van der Waals surface area (Å²) in [7, 11) is 0. The molecular weight excluding hydrogens is 250 g/mol. The molecule has 0 bridgehead atoms. The molecule has 0 aromatic heterocycles. The van der Waals surface area contributed by atoms with E-state index in [1.54, 1.807) is 12.1 Å². The van der Waals surface area contributed by atoms with E-state index in [9.17, 15) is 13.6 Å². The maximum Gasteiger partial charge on any atom is 0.253 e. The fourth-order valence-corrected chi connectivity index (χ4v) is 1.65. The first-order chi connectivity index (χ1) is 9.06. The van der Waals surface area contributed by atoms with Gasteiger partial charge in [0.1, 0.15) is 11.6 Å². The Morgan fingerprint density at radius 1 is 1.11 bits per heavy atom. The van der Waals surface area contributed by atoms with Crippen LogP contribution in [0, 0.1) is 11.6 Å². The van der Waals surface area contributed by atoms with Crippen molar-refractivity contribution in [2.75, 3.05) is 5.73 Å². The molecule has 2 rings (SSSR count). The van der Waals surface area contributed by atoms with Crippen molar-refractivity contribution in [1.29, 1.82) is 0 Å². The van der Waals surface area contributed by atoms with Crippen LogP contribution in [-0.2, 0) is 6.54 Å². The summed E-state index contributed by atoms with van der Waals surface area (Å²) in [6.45, 7) is 0.145. The first-order valence-electron chi connectivity index (χ1n) is 5.64. The molecule has 0 radical (unpaired) electrons. The van der Waals surface area contributed by atoms with Gasteiger partial charge in [-0.3, -0.25) is 4.79 Å². The van der Waals surface area contributed by atoms with Gasteiger partial charge in [-0.2, -0.15) is 0 Å². The third-order valence-corrected chi connectivity index (χ3v) is 2.60. The van der Waals surface area contributed by atoms with Crippen molar-refractivity contribution in [1.82, 2.24) is 5.32 Å². The highest BCUT2D eigenvalue weighted by Crippen LogP contribution is 2.13. The zero-order valence-corrected chi connectivity index (χ0v) is 9.99. The summed E-state index contributed by atoms with van der Waals surface area (Å²) >= 11 is 0. The first-order valence-corrected chi connectivity index (χ1v) is 5.64. The van der Waals surface area contributed by atoms with Crippen molar-refractivity contribution in [3.05, 3.63) is 65.2 Å². The van der Waals surface area contributed by atoms with Gasteiger partial charge in [0.15, 0.2) is 0 Å². The molecule has 2 aromatic carbocycles. The second-order valence-electron chi connectivity index (χ2n) is 4.04. The summed E-state index contributed by atoms with van der Waals surface area (Å²) in [5.74, 6) is -1.41. The minimum absolute atomic E-state index is 0.0661. The minimum Gasteiger partial charge on any atom is -0.398 e. The Bertz CT molecular complexity index is 614. The van der Waals surface area contributed by atoms with Crippen LogP contribution >= 0.6 is 0 Å². The van der Waals surface area contributed by atoms with Crippen LogP contribution < -0.4 is 11.1 Å². The van der Waals surface area contributed by atoms with Gasteiger partial charge in [0.2, 0.25) is 0 Å². The maximum absolute atomic E-state index is 13.0. The van der Waals surface area contributed by atoms with Gasteiger partial charge in [-0.1, -0.05) is 12.1 Å². The number of anilines is 1. The topological polar surface area (TPSA) is 55.1 Å². The summed E-state index contributed by atoms with van der Waals surface area (Å²) in [5, 5.41) is 2.56. The molecule has 0 aliphatic rings. The Labute approximate surface area is 109 Å². The fourth-order valence-electron chi connectivity index (χ4n) is 1.65. The molecule has 0 saturated heterocycles. The molecule has 1 amide bonds. The number of nitrogens with one attached hydrogen (secondary N) is 1. The number of amides is 1. The van der Waals surface area contributed by atoms with E-state index in [0.717, 1.165) is 6.07 Å². The van der Waals surface area contributed by atoms with Gasteiger partial charge in [0.25, 0.3) is 5.91 Å². The standard InChI is InChI=1S/C14H12F2N2O/c15-10-3-1-2-9(6-10)8-18-14(19)12-7-11(16)4-5-13(12)17/h1-7H,8,17H2,(H,18,19). The van der Waals surface area contributed by atoms with E-state index in [-0.39, 0.29) is 23.6 Å². The maximum atomic E-state index is 13.0. The molecule has 3 nitrogen and oxygen atoms in total. The van der Waals surface area contributed by atoms with Crippen LogP contribution in [0.4, 0.5) is 14.5 Å². The predicted octanol–water partition coefficient (Wildman–Crippen LogP) is 2.48. The van der Waals surface area contributed by atoms with Crippen LogP contribution in [0.5, 0.6) is 0 Å². The fraction of sp³-hybridized carbons (Fsp3) is 0.0714. The van der Waals surface area contributed by atoms with Crippen molar-refractivity contribution in [2.24, 2.45) is 0 Å². The van der Waals surface area contributed by atoms with Gasteiger partial charge in [-0.15, -0.1) is 0 Å². The van der Waals surface area contributed by atoms with Crippen molar-refractivity contribution < 1.29 is 13.6 Å². The van der Waals surface area contributed by atoms with E-state index in [4.69, 9.17) is 5.73 Å². The molecule has 5 heteroatoms. The first kappa shape index (κ1) is 13.0. The van der Waals surface area contributed by atoms with Gasteiger partial charge >= 0.3 is 0 Å². The molecule has 0 aliphatic heterocycles. The molecule has 0 heterocycles. The molecule has 98 valence electrons. The Morgan fingerprint density at radius 3 is 2.58 bits per heavy atom. The second-order valence-corrected chi connectivity index (χ2v) is 4.04. The van der Waals surface area contributed by atoms with E-state index in [1.165, 1.54) is 24.3 Å². The molecule has 0 spiro atoms. The third kappa shape index (κ3) is 3.28. The monoisotopic (exact) mass is 262 g/mol. The molecule has 0 atom stereocenters. The predicted molar refractivity (Wildman–Crippen MR) is 68.4 cm³/mol. The summed E-state index contributed by atoms with van der Waals surface area (Å²) < 4.78 is 26.0. The Hall–Kier alpha value is -2.43. The lowest BCUT2D eigenvalue weighted by Crippen LogP contribution is -2.24. The number of nitrogen functional groups attached to an aromatic ring is 1. The van der Waals surface area contributed by atoms with Gasteiger partial charge in [-0.05, 0) is 35.9 Å². The van der Waals surface area contributed by atoms with Crippen LogP contribution in [0.3, 0.4) is 0 Å². The minimum atomic E-state index is -0.537. The smallest absolute Gasteiger partial charge is 0.253 e. The summed E-state index contributed by atoms with van der Waals surface area (Å²) in [4.78, 5) is 11.8. The molecule has 3 N–H and O–H groups in total. The quantitative estimate of drug-likeness (QED) is 0.835. The molecule has 0 unspecified atom stereocenters. The molecule has 0 aliphatic carbocycles. The largest absolute Gasteiger partial charge is 0.398 e. The highest BCUT2D eigenvalue weighted by Gasteiger charge is 2.10. The van der Waals surface area contributed by atoms with Gasteiger partial charge < -0.3 is 11.1 Å². The van der Waals surface area contributed by atoms with E-state index in [1.807, 2.05) is 0 Å². The summed E-state index contributed by atoms with van der Waals surface area (Å²) in [5.41, 5.74) is 6.47. The number of hydrogen-bond acceptors (Lipinski definition) is 2. The highest BCUT2D eigenvalue weighted by atomic mass is 19.1. The lowest BCUT2D eigenvalue weighted by Gasteiger charge is -2.07. The number of nitrogens with two attached hydrogens (primary N) is 1. The van der Waals surface area contributed by atoms with Crippen LogP contribution in [-0.4, -0.2) is 5.91 Å². The molecule has 2 aromatic rings. The number of carbonyl (C=O) groups excluding carboxylic acids is 1.